The average Bonchev–Trinajstić information content (AvgIpc) is 3.38. The van der Waals surface area contributed by atoms with E-state index in [9.17, 15) is 14.4 Å². The summed E-state index contributed by atoms with van der Waals surface area (Å²) in [6, 6.07) is 11.3. The molecule has 0 aliphatic carbocycles. The van der Waals surface area contributed by atoms with E-state index in [-0.39, 0.29) is 24.3 Å². The van der Waals surface area contributed by atoms with Crippen molar-refractivity contribution in [3.05, 3.63) is 58.8 Å². The second kappa shape index (κ2) is 8.92. The van der Waals surface area contributed by atoms with E-state index < -0.39 is 11.9 Å². The number of imide groups is 1. The predicted octanol–water partition coefficient (Wildman–Crippen LogP) is 0.670. The third-order valence-electron chi connectivity index (χ3n) is 6.64. The zero-order chi connectivity index (χ0) is 22.9. The molecule has 9 heteroatoms. The van der Waals surface area contributed by atoms with E-state index in [1.807, 2.05) is 30.3 Å². The predicted molar refractivity (Wildman–Crippen MR) is 122 cm³/mol. The summed E-state index contributed by atoms with van der Waals surface area (Å²) in [4.78, 5) is 45.3. The number of nitrogens with two attached hydrogens (primary N) is 1. The molecule has 5 rings (SSSR count). The second-order valence-electron chi connectivity index (χ2n) is 8.93. The highest BCUT2D eigenvalue weighted by Crippen LogP contribution is 2.30. The number of aromatic nitrogens is 1. The van der Waals surface area contributed by atoms with Crippen molar-refractivity contribution >= 4 is 23.5 Å². The van der Waals surface area contributed by atoms with Crippen LogP contribution in [0.3, 0.4) is 0 Å². The van der Waals surface area contributed by atoms with Crippen molar-refractivity contribution in [1.29, 1.82) is 0 Å². The number of benzene rings is 1. The first kappa shape index (κ1) is 21.5. The highest BCUT2D eigenvalue weighted by atomic mass is 16.2. The van der Waals surface area contributed by atoms with Gasteiger partial charge in [-0.15, -0.1) is 0 Å². The summed E-state index contributed by atoms with van der Waals surface area (Å²) >= 11 is 0. The molecule has 1 aromatic carbocycles. The zero-order valence-electron chi connectivity index (χ0n) is 18.4. The van der Waals surface area contributed by atoms with Crippen molar-refractivity contribution in [2.24, 2.45) is 5.73 Å². The molecule has 2 aromatic rings. The summed E-state index contributed by atoms with van der Waals surface area (Å²) < 4.78 is 0. The highest BCUT2D eigenvalue weighted by Gasteiger charge is 2.39. The number of piperidine rings is 1. The van der Waals surface area contributed by atoms with Gasteiger partial charge in [0.15, 0.2) is 0 Å². The van der Waals surface area contributed by atoms with Crippen molar-refractivity contribution in [1.82, 2.24) is 20.5 Å². The Hall–Kier alpha value is -3.30. The third-order valence-corrected chi connectivity index (χ3v) is 6.64. The molecule has 2 atom stereocenters. The van der Waals surface area contributed by atoms with Gasteiger partial charge in [0, 0.05) is 50.7 Å². The normalized spacial score (nSPS) is 22.6. The van der Waals surface area contributed by atoms with Gasteiger partial charge in [-0.1, -0.05) is 18.2 Å². The molecule has 3 aliphatic rings. The van der Waals surface area contributed by atoms with E-state index in [1.54, 1.807) is 11.0 Å². The molecule has 2 unspecified atom stereocenters. The Morgan fingerprint density at radius 2 is 1.94 bits per heavy atom. The zero-order valence-corrected chi connectivity index (χ0v) is 18.4. The van der Waals surface area contributed by atoms with Gasteiger partial charge >= 0.3 is 0 Å². The van der Waals surface area contributed by atoms with Gasteiger partial charge in [0.2, 0.25) is 11.8 Å². The minimum atomic E-state index is -0.603. The minimum absolute atomic E-state index is 0.153. The molecule has 1 aromatic heterocycles. The molecule has 4 heterocycles. The van der Waals surface area contributed by atoms with E-state index >= 15 is 0 Å². The number of anilines is 1. The molecule has 3 aliphatic heterocycles. The Kier molecular flexibility index (Phi) is 5.82. The molecule has 33 heavy (non-hydrogen) atoms. The topological polar surface area (TPSA) is 121 Å². The van der Waals surface area contributed by atoms with Gasteiger partial charge in [-0.3, -0.25) is 19.7 Å². The summed E-state index contributed by atoms with van der Waals surface area (Å²) in [6.07, 6.45) is 1.60. The second-order valence-corrected chi connectivity index (χ2v) is 8.93. The van der Waals surface area contributed by atoms with Crippen LogP contribution in [-0.2, 0) is 29.2 Å². The van der Waals surface area contributed by atoms with Crippen molar-refractivity contribution in [3.63, 3.8) is 0 Å². The van der Waals surface area contributed by atoms with Gasteiger partial charge in [-0.25, -0.2) is 4.98 Å². The van der Waals surface area contributed by atoms with E-state index in [0.717, 1.165) is 42.1 Å². The van der Waals surface area contributed by atoms with Crippen LogP contribution >= 0.6 is 0 Å². The first-order valence-corrected chi connectivity index (χ1v) is 11.4. The summed E-state index contributed by atoms with van der Waals surface area (Å²) in [5.41, 5.74) is 9.56. The Morgan fingerprint density at radius 1 is 1.09 bits per heavy atom. The van der Waals surface area contributed by atoms with Crippen LogP contribution in [0.1, 0.15) is 46.4 Å². The fourth-order valence-electron chi connectivity index (χ4n) is 4.88. The van der Waals surface area contributed by atoms with Gasteiger partial charge in [0.1, 0.15) is 11.9 Å². The van der Waals surface area contributed by atoms with E-state index in [0.29, 0.717) is 31.6 Å². The van der Waals surface area contributed by atoms with Gasteiger partial charge < -0.3 is 20.9 Å². The molecule has 9 nitrogen and oxygen atoms in total. The molecule has 0 radical (unpaired) electrons. The lowest BCUT2D eigenvalue weighted by atomic mass is 10.0. The van der Waals surface area contributed by atoms with Crippen LogP contribution < -0.4 is 21.3 Å². The number of rotatable bonds is 6. The molecule has 0 bridgehead atoms. The lowest BCUT2D eigenvalue weighted by Gasteiger charge is -2.29. The Morgan fingerprint density at radius 3 is 2.73 bits per heavy atom. The van der Waals surface area contributed by atoms with Crippen LogP contribution in [0.4, 0.5) is 5.82 Å². The van der Waals surface area contributed by atoms with Crippen molar-refractivity contribution < 1.29 is 14.4 Å². The number of nitrogens with one attached hydrogen (secondary N) is 2. The van der Waals surface area contributed by atoms with Crippen LogP contribution in [-0.4, -0.2) is 52.8 Å². The van der Waals surface area contributed by atoms with Crippen molar-refractivity contribution in [2.45, 2.75) is 51.0 Å². The van der Waals surface area contributed by atoms with Gasteiger partial charge in [-0.2, -0.15) is 0 Å². The maximum absolute atomic E-state index is 13.0. The van der Waals surface area contributed by atoms with Gasteiger partial charge in [-0.05, 0) is 42.2 Å². The standard InChI is InChI=1S/C24H28N6O3/c25-16-9-10-29(13-16)21-6-2-4-17(27-21)12-26-11-15-3-1-5-18-19(15)14-30(24(18)33)20-7-8-22(31)28-23(20)32/h1-6,16,20,26H,7-14,25H2,(H,28,31,32). The number of nitrogens with zero attached hydrogens (tertiary/aromatic N) is 3. The smallest absolute Gasteiger partial charge is 0.255 e. The van der Waals surface area contributed by atoms with Crippen LogP contribution in [0.25, 0.3) is 0 Å². The first-order valence-electron chi connectivity index (χ1n) is 11.4. The highest BCUT2D eigenvalue weighted by molar-refractivity contribution is 6.05. The van der Waals surface area contributed by atoms with Gasteiger partial charge in [0.05, 0.1) is 5.69 Å². The van der Waals surface area contributed by atoms with E-state index in [1.165, 1.54) is 0 Å². The van der Waals surface area contributed by atoms with Crippen molar-refractivity contribution in [2.75, 3.05) is 18.0 Å². The van der Waals surface area contributed by atoms with Crippen molar-refractivity contribution in [3.8, 4) is 0 Å². The average molecular weight is 449 g/mol. The molecule has 3 amide bonds. The molecular formula is C24H28N6O3. The summed E-state index contributed by atoms with van der Waals surface area (Å²) in [5, 5.41) is 5.78. The number of pyridine rings is 1. The first-order chi connectivity index (χ1) is 16.0. The Bertz CT molecular complexity index is 1100. The maximum Gasteiger partial charge on any atom is 0.255 e. The number of carbonyl (C=O) groups is 3. The number of carbonyl (C=O) groups excluding carboxylic acids is 3. The van der Waals surface area contributed by atoms with Crippen LogP contribution in [0.15, 0.2) is 36.4 Å². The number of amides is 3. The molecule has 172 valence electrons. The minimum Gasteiger partial charge on any atom is -0.355 e. The summed E-state index contributed by atoms with van der Waals surface area (Å²) in [7, 11) is 0. The fourth-order valence-corrected chi connectivity index (χ4v) is 4.88. The van der Waals surface area contributed by atoms with Crippen LogP contribution in [0.5, 0.6) is 0 Å². The summed E-state index contributed by atoms with van der Waals surface area (Å²) in [5.74, 6) is 0.125. The maximum atomic E-state index is 13.0. The van der Waals surface area contributed by atoms with E-state index in [2.05, 4.69) is 15.5 Å². The molecular weight excluding hydrogens is 420 g/mol. The molecule has 0 spiro atoms. The molecule has 4 N–H and O–H groups in total. The SMILES string of the molecule is NC1CCN(c2cccc(CNCc3cccc4c3CN(C3CCC(=O)NC3=O)C4=O)n2)C1. The summed E-state index contributed by atoms with van der Waals surface area (Å²) in [6.45, 7) is 3.32. The third kappa shape index (κ3) is 4.34. The number of hydrogen-bond donors (Lipinski definition) is 3. The number of fused-ring (bicyclic) bond motifs is 1. The monoisotopic (exact) mass is 448 g/mol. The Balaban J connectivity index is 1.24. The van der Waals surface area contributed by atoms with Crippen LogP contribution in [0, 0.1) is 0 Å². The fraction of sp³-hybridized carbons (Fsp3) is 0.417. The van der Waals surface area contributed by atoms with Crippen LogP contribution in [0.2, 0.25) is 0 Å². The lowest BCUT2D eigenvalue weighted by molar-refractivity contribution is -0.136. The largest absolute Gasteiger partial charge is 0.355 e. The Labute approximate surface area is 192 Å². The molecule has 0 saturated carbocycles. The lowest BCUT2D eigenvalue weighted by Crippen LogP contribution is -2.52. The van der Waals surface area contributed by atoms with E-state index in [4.69, 9.17) is 10.7 Å². The quantitative estimate of drug-likeness (QED) is 0.556. The molecule has 2 saturated heterocycles. The van der Waals surface area contributed by atoms with Gasteiger partial charge in [0.25, 0.3) is 5.91 Å². The molecule has 2 fully saturated rings. The number of hydrogen-bond acceptors (Lipinski definition) is 7.